The Balaban J connectivity index is 5.54. The van der Waals surface area contributed by atoms with E-state index in [1.807, 2.05) is 27.7 Å². The van der Waals surface area contributed by atoms with E-state index in [0.29, 0.717) is 32.8 Å². The maximum atomic E-state index is 11.9. The Hall–Kier alpha value is -0.680. The third-order valence-electron chi connectivity index (χ3n) is 1.99. The minimum atomic E-state index is -2.90. The number of esters is 1. The number of hydrogen-bond donors (Lipinski definition) is 0. The van der Waals surface area contributed by atoms with Crippen LogP contribution >= 0.6 is 7.74 Å². The molecule has 0 aliphatic rings. The normalized spacial score (nSPS) is 12.3. The van der Waals surface area contributed by atoms with Crippen molar-refractivity contribution in [2.24, 2.45) is 4.74 Å². The van der Waals surface area contributed by atoms with Gasteiger partial charge < -0.3 is 18.3 Å². The summed E-state index contributed by atoms with van der Waals surface area (Å²) in [5, 5.41) is 0. The molecule has 0 aromatic heterocycles. The van der Waals surface area contributed by atoms with Gasteiger partial charge in [-0.05, 0) is 34.1 Å². The number of carbonyl (C=O) groups excluding carboxylic acids is 1. The molecular weight excluding hydrogens is 281 g/mol. The summed E-state index contributed by atoms with van der Waals surface area (Å²) in [4.78, 5) is 11.9. The minimum absolute atomic E-state index is 0.193. The smallest absolute Gasteiger partial charge is 0.360 e. The molecule has 0 N–H and O–H groups in total. The molecule has 0 fully saturated rings. The van der Waals surface area contributed by atoms with Crippen LogP contribution in [0.25, 0.3) is 0 Å². The molecule has 20 heavy (non-hydrogen) atoms. The van der Waals surface area contributed by atoms with Crippen LogP contribution in [-0.4, -0.2) is 32.4 Å². The van der Waals surface area contributed by atoms with E-state index in [1.165, 1.54) is 0 Å². The summed E-state index contributed by atoms with van der Waals surface area (Å²) in [5.74, 6) is -0.488. The van der Waals surface area contributed by atoms with Crippen LogP contribution in [0.3, 0.4) is 0 Å². The summed E-state index contributed by atoms with van der Waals surface area (Å²) in [5.41, 5.74) is 0.193. The van der Waals surface area contributed by atoms with Gasteiger partial charge in [-0.1, -0.05) is 13.0 Å². The van der Waals surface area contributed by atoms with Crippen molar-refractivity contribution in [3.63, 3.8) is 0 Å². The lowest BCUT2D eigenvalue weighted by molar-refractivity contribution is -0.138. The van der Waals surface area contributed by atoms with E-state index in [2.05, 4.69) is 4.74 Å². The molecule has 0 saturated heterocycles. The number of ether oxygens (including phenoxy) is 1. The lowest BCUT2D eigenvalue weighted by Gasteiger charge is -2.22. The molecule has 0 spiro atoms. The van der Waals surface area contributed by atoms with Gasteiger partial charge in [0.2, 0.25) is 0 Å². The Morgan fingerprint density at radius 1 is 0.950 bits per heavy atom. The van der Waals surface area contributed by atoms with E-state index in [1.54, 1.807) is 13.0 Å². The van der Waals surface area contributed by atoms with E-state index < -0.39 is 13.7 Å². The number of hydrogen-bond acceptors (Lipinski definition) is 6. The van der Waals surface area contributed by atoms with Gasteiger partial charge in [0, 0.05) is 0 Å². The van der Waals surface area contributed by atoms with Gasteiger partial charge >= 0.3 is 13.7 Å². The molecule has 7 heteroatoms. The lowest BCUT2D eigenvalue weighted by Crippen LogP contribution is -2.08. The fourth-order valence-electron chi connectivity index (χ4n) is 1.38. The first kappa shape index (κ1) is 19.3. The Kier molecular flexibility index (Phi) is 10.7. The van der Waals surface area contributed by atoms with E-state index in [-0.39, 0.29) is 5.70 Å². The maximum absolute atomic E-state index is 11.9. The molecular formula is C13H26NO5P. The molecule has 0 aliphatic carbocycles. The van der Waals surface area contributed by atoms with Crippen molar-refractivity contribution >= 4 is 13.7 Å². The van der Waals surface area contributed by atoms with Crippen LogP contribution in [0.5, 0.6) is 0 Å². The molecule has 6 nitrogen and oxygen atoms in total. The summed E-state index contributed by atoms with van der Waals surface area (Å²) >= 11 is 0. The number of allylic oxidation sites excluding steroid dienone is 1. The second-order valence-corrected chi connectivity index (χ2v) is 5.45. The van der Waals surface area contributed by atoms with Crippen molar-refractivity contribution in [1.29, 1.82) is 0 Å². The van der Waals surface area contributed by atoms with Crippen molar-refractivity contribution in [2.75, 3.05) is 26.4 Å². The second kappa shape index (κ2) is 11.0. The molecule has 0 radical (unpaired) electrons. The topological polar surface area (TPSA) is 66.3 Å². The molecule has 0 bridgehead atoms. The van der Waals surface area contributed by atoms with Crippen molar-refractivity contribution in [3.05, 3.63) is 11.8 Å². The highest BCUT2D eigenvalue weighted by atomic mass is 31.2. The first-order chi connectivity index (χ1) is 9.59. The van der Waals surface area contributed by atoms with Crippen molar-refractivity contribution in [1.82, 2.24) is 0 Å². The van der Waals surface area contributed by atoms with Crippen LogP contribution in [0.15, 0.2) is 16.5 Å². The van der Waals surface area contributed by atoms with E-state index in [4.69, 9.17) is 18.3 Å². The standard InChI is InChI=1S/C13H26NO5P/c1-6-11-12(13(15)16-7-2)14-20(17-8-3,18-9-4)19-10-5/h11H,6-10H2,1-5H3/b12-11+. The quantitative estimate of drug-likeness (QED) is 0.348. The molecule has 0 amide bonds. The van der Waals surface area contributed by atoms with Crippen LogP contribution < -0.4 is 0 Å². The molecule has 0 atom stereocenters. The van der Waals surface area contributed by atoms with Gasteiger partial charge in [0.15, 0.2) is 0 Å². The Labute approximate surface area is 121 Å². The Bertz CT molecular complexity index is 344. The van der Waals surface area contributed by atoms with E-state index in [9.17, 15) is 4.79 Å². The summed E-state index contributed by atoms with van der Waals surface area (Å²) in [6.07, 6.45) is 2.34. The molecule has 0 saturated carbocycles. The van der Waals surface area contributed by atoms with Gasteiger partial charge in [-0.2, -0.15) is 4.74 Å². The van der Waals surface area contributed by atoms with Crippen LogP contribution in [0.4, 0.5) is 0 Å². The van der Waals surface area contributed by atoms with E-state index >= 15 is 0 Å². The Morgan fingerprint density at radius 2 is 1.45 bits per heavy atom. The molecule has 0 rings (SSSR count). The molecule has 0 heterocycles. The fraction of sp³-hybridized carbons (Fsp3) is 0.769. The zero-order valence-electron chi connectivity index (χ0n) is 13.0. The molecule has 0 aromatic rings. The van der Waals surface area contributed by atoms with E-state index in [0.717, 1.165) is 0 Å². The first-order valence-corrected chi connectivity index (χ1v) is 8.51. The highest BCUT2D eigenvalue weighted by Crippen LogP contribution is 2.54. The van der Waals surface area contributed by atoms with Gasteiger partial charge in [0.25, 0.3) is 0 Å². The largest absolute Gasteiger partial charge is 0.461 e. The van der Waals surface area contributed by atoms with Gasteiger partial charge in [-0.25, -0.2) is 4.79 Å². The monoisotopic (exact) mass is 307 g/mol. The van der Waals surface area contributed by atoms with Gasteiger partial charge in [0.05, 0.1) is 26.4 Å². The molecule has 118 valence electrons. The molecule has 0 unspecified atom stereocenters. The van der Waals surface area contributed by atoms with Crippen LogP contribution in [0, 0.1) is 0 Å². The molecule has 0 aliphatic heterocycles. The third kappa shape index (κ3) is 6.66. The summed E-state index contributed by atoms with van der Waals surface area (Å²) in [6, 6.07) is 0. The van der Waals surface area contributed by atoms with Crippen molar-refractivity contribution in [3.8, 4) is 0 Å². The number of nitrogens with zero attached hydrogens (tertiary/aromatic N) is 1. The predicted molar refractivity (Wildman–Crippen MR) is 79.2 cm³/mol. The van der Waals surface area contributed by atoms with Crippen LogP contribution in [0.2, 0.25) is 0 Å². The summed E-state index contributed by atoms with van der Waals surface area (Å²) in [7, 11) is -2.90. The zero-order valence-corrected chi connectivity index (χ0v) is 13.9. The SMILES string of the molecule is CC/C=C(/N=P(OCC)(OCC)OCC)C(=O)OCC. The van der Waals surface area contributed by atoms with Gasteiger partial charge in [-0.3, -0.25) is 0 Å². The maximum Gasteiger partial charge on any atom is 0.360 e. The number of carbonyl (C=O) groups is 1. The minimum Gasteiger partial charge on any atom is -0.461 e. The zero-order chi connectivity index (χ0) is 15.4. The lowest BCUT2D eigenvalue weighted by atomic mass is 10.3. The predicted octanol–water partition coefficient (Wildman–Crippen LogP) is 3.90. The highest BCUT2D eigenvalue weighted by Gasteiger charge is 2.25. The van der Waals surface area contributed by atoms with Gasteiger partial charge in [0.1, 0.15) is 5.70 Å². The van der Waals surface area contributed by atoms with Gasteiger partial charge in [-0.15, -0.1) is 0 Å². The number of rotatable bonds is 10. The van der Waals surface area contributed by atoms with Crippen LogP contribution in [-0.2, 0) is 23.1 Å². The Morgan fingerprint density at radius 3 is 1.80 bits per heavy atom. The average Bonchev–Trinajstić information content (AvgIpc) is 2.39. The third-order valence-corrected chi connectivity index (χ3v) is 4.20. The highest BCUT2D eigenvalue weighted by molar-refractivity contribution is 7.51. The summed E-state index contributed by atoms with van der Waals surface area (Å²) < 4.78 is 26.0. The molecule has 0 aromatic carbocycles. The fourth-order valence-corrected chi connectivity index (χ4v) is 3.19. The summed E-state index contributed by atoms with van der Waals surface area (Å²) in [6.45, 7) is 10.6. The second-order valence-electron chi connectivity index (χ2n) is 3.54. The van der Waals surface area contributed by atoms with Crippen molar-refractivity contribution < 1.29 is 23.1 Å². The first-order valence-electron chi connectivity index (χ1n) is 7.02. The van der Waals surface area contributed by atoms with Crippen molar-refractivity contribution in [2.45, 2.75) is 41.0 Å². The average molecular weight is 307 g/mol. The van der Waals surface area contributed by atoms with Crippen LogP contribution in [0.1, 0.15) is 41.0 Å².